The molecule has 0 bridgehead atoms. The van der Waals surface area contributed by atoms with E-state index in [0.29, 0.717) is 31.4 Å². The maximum atomic E-state index is 12.3. The number of nitrogens with zero attached hydrogens (tertiary/aromatic N) is 2. The molecule has 2 fully saturated rings. The Bertz CT molecular complexity index is 516. The molecule has 3 rings (SSSR count). The molecule has 1 saturated heterocycles. The van der Waals surface area contributed by atoms with E-state index < -0.39 is 0 Å². The van der Waals surface area contributed by atoms with Gasteiger partial charge in [-0.05, 0) is 6.42 Å². The number of amides is 1. The maximum absolute atomic E-state index is 12.3. The highest BCUT2D eigenvalue weighted by Crippen LogP contribution is 2.43. The summed E-state index contributed by atoms with van der Waals surface area (Å²) in [6.45, 7) is 4.20. The summed E-state index contributed by atoms with van der Waals surface area (Å²) in [5.41, 5.74) is 0. The van der Waals surface area contributed by atoms with Crippen molar-refractivity contribution >= 4 is 5.91 Å². The van der Waals surface area contributed by atoms with Crippen LogP contribution in [0.2, 0.25) is 0 Å². The summed E-state index contributed by atoms with van der Waals surface area (Å²) in [6.07, 6.45) is 6.40. The number of hydrogen-bond donors (Lipinski definition) is 1. The first-order valence-electron chi connectivity index (χ1n) is 8.14. The molecule has 6 heteroatoms. The Kier molecular flexibility index (Phi) is 4.78. The minimum absolute atomic E-state index is 0.104. The normalized spacial score (nSPS) is 29.9. The third-order valence-corrected chi connectivity index (χ3v) is 4.91. The molecular formula is C16H25N3O3. The number of fused-ring (bicyclic) bond motifs is 1. The van der Waals surface area contributed by atoms with Crippen LogP contribution in [0, 0.1) is 11.8 Å². The third kappa shape index (κ3) is 2.90. The summed E-state index contributed by atoms with van der Waals surface area (Å²) >= 11 is 0. The van der Waals surface area contributed by atoms with E-state index in [4.69, 9.17) is 9.47 Å². The Balaban J connectivity index is 1.51. The first-order chi connectivity index (χ1) is 10.7. The number of ether oxygens (including phenoxy) is 2. The summed E-state index contributed by atoms with van der Waals surface area (Å²) in [5, 5.41) is 3.19. The van der Waals surface area contributed by atoms with Gasteiger partial charge >= 0.3 is 0 Å². The highest BCUT2D eigenvalue weighted by molar-refractivity contribution is 5.76. The Morgan fingerprint density at radius 2 is 2.45 bits per heavy atom. The largest absolute Gasteiger partial charge is 0.384 e. The smallest absolute Gasteiger partial charge is 0.222 e. The number of nitrogens with one attached hydrogen (secondary N) is 1. The molecule has 0 spiro atoms. The van der Waals surface area contributed by atoms with E-state index in [2.05, 4.69) is 21.8 Å². The summed E-state index contributed by atoms with van der Waals surface area (Å²) in [4.78, 5) is 16.5. The minimum atomic E-state index is 0.104. The zero-order valence-corrected chi connectivity index (χ0v) is 13.3. The number of imidazole rings is 1. The first-order valence-corrected chi connectivity index (χ1v) is 8.14. The molecule has 22 heavy (non-hydrogen) atoms. The Labute approximate surface area is 131 Å². The molecule has 0 radical (unpaired) electrons. The van der Waals surface area contributed by atoms with E-state index >= 15 is 0 Å². The number of aromatic nitrogens is 2. The van der Waals surface area contributed by atoms with Crippen molar-refractivity contribution in [2.75, 3.05) is 20.3 Å². The van der Waals surface area contributed by atoms with Gasteiger partial charge in [-0.25, -0.2) is 4.98 Å². The van der Waals surface area contributed by atoms with Crippen LogP contribution in [0.4, 0.5) is 0 Å². The summed E-state index contributed by atoms with van der Waals surface area (Å²) < 4.78 is 13.1. The van der Waals surface area contributed by atoms with Crippen LogP contribution in [-0.4, -0.2) is 47.9 Å². The Morgan fingerprint density at radius 3 is 3.23 bits per heavy atom. The Morgan fingerprint density at radius 1 is 1.59 bits per heavy atom. The van der Waals surface area contributed by atoms with Gasteiger partial charge in [-0.2, -0.15) is 0 Å². The fourth-order valence-electron chi connectivity index (χ4n) is 3.77. The molecule has 2 aliphatic rings. The SMILES string of the molecule is CCc1nccn1CCC(=O)N[C@H]1[C@@H](COC)[C@H]2OCC[C@@H]12. The molecule has 0 unspecified atom stereocenters. The topological polar surface area (TPSA) is 65.4 Å². The van der Waals surface area contributed by atoms with Crippen molar-refractivity contribution in [2.24, 2.45) is 11.8 Å². The predicted molar refractivity (Wildman–Crippen MR) is 81.4 cm³/mol. The number of aryl methyl sites for hydroxylation is 2. The average molecular weight is 307 g/mol. The van der Waals surface area contributed by atoms with Gasteiger partial charge in [-0.1, -0.05) is 6.92 Å². The van der Waals surface area contributed by atoms with Crippen molar-refractivity contribution in [1.82, 2.24) is 14.9 Å². The molecular weight excluding hydrogens is 282 g/mol. The van der Waals surface area contributed by atoms with Crippen molar-refractivity contribution in [2.45, 2.75) is 44.9 Å². The lowest BCUT2D eigenvalue weighted by Gasteiger charge is -2.47. The molecule has 1 saturated carbocycles. The highest BCUT2D eigenvalue weighted by Gasteiger charge is 2.54. The lowest BCUT2D eigenvalue weighted by molar-refractivity contribution is -0.130. The van der Waals surface area contributed by atoms with E-state index in [0.717, 1.165) is 25.3 Å². The minimum Gasteiger partial charge on any atom is -0.384 e. The van der Waals surface area contributed by atoms with Gasteiger partial charge in [0.05, 0.1) is 12.7 Å². The molecule has 1 N–H and O–H groups in total. The van der Waals surface area contributed by atoms with Crippen LogP contribution < -0.4 is 5.32 Å². The second kappa shape index (κ2) is 6.79. The molecule has 1 amide bonds. The molecule has 122 valence electrons. The van der Waals surface area contributed by atoms with Crippen molar-refractivity contribution in [3.8, 4) is 0 Å². The van der Waals surface area contributed by atoms with Gasteiger partial charge < -0.3 is 19.4 Å². The molecule has 4 atom stereocenters. The van der Waals surface area contributed by atoms with Crippen LogP contribution >= 0.6 is 0 Å². The summed E-state index contributed by atoms with van der Waals surface area (Å²) in [6, 6.07) is 0.202. The van der Waals surface area contributed by atoms with Crippen molar-refractivity contribution in [1.29, 1.82) is 0 Å². The standard InChI is InChI=1S/C16H25N3O3/c1-3-13-17-6-8-19(13)7-4-14(20)18-15-11-5-9-22-16(11)12(15)10-21-2/h6,8,11-12,15-16H,3-5,7,9-10H2,1-2H3,(H,18,20)/t11-,12+,15+,16-/m0/s1. The molecule has 0 aromatic carbocycles. The molecule has 1 aliphatic carbocycles. The van der Waals surface area contributed by atoms with Gasteiger partial charge in [-0.3, -0.25) is 4.79 Å². The van der Waals surface area contributed by atoms with E-state index in [1.54, 1.807) is 13.3 Å². The molecule has 1 aliphatic heterocycles. The average Bonchev–Trinajstić information content (AvgIpc) is 3.15. The lowest BCUT2D eigenvalue weighted by atomic mass is 9.67. The fraction of sp³-hybridized carbons (Fsp3) is 0.750. The van der Waals surface area contributed by atoms with E-state index in [-0.39, 0.29) is 18.1 Å². The van der Waals surface area contributed by atoms with Crippen LogP contribution in [-0.2, 0) is 27.2 Å². The van der Waals surface area contributed by atoms with Crippen molar-refractivity contribution < 1.29 is 14.3 Å². The van der Waals surface area contributed by atoms with Crippen LogP contribution in [0.3, 0.4) is 0 Å². The van der Waals surface area contributed by atoms with Gasteiger partial charge in [0.25, 0.3) is 0 Å². The zero-order chi connectivity index (χ0) is 15.5. The first kappa shape index (κ1) is 15.5. The summed E-state index contributed by atoms with van der Waals surface area (Å²) in [7, 11) is 1.70. The Hall–Kier alpha value is -1.40. The summed E-state index contributed by atoms with van der Waals surface area (Å²) in [5.74, 6) is 1.88. The van der Waals surface area contributed by atoms with Crippen LogP contribution in [0.15, 0.2) is 12.4 Å². The molecule has 1 aromatic rings. The van der Waals surface area contributed by atoms with Crippen LogP contribution in [0.25, 0.3) is 0 Å². The number of hydrogen-bond acceptors (Lipinski definition) is 4. The number of methoxy groups -OCH3 is 1. The van der Waals surface area contributed by atoms with Crippen molar-refractivity contribution in [3.05, 3.63) is 18.2 Å². The zero-order valence-electron chi connectivity index (χ0n) is 13.3. The second-order valence-corrected chi connectivity index (χ2v) is 6.14. The molecule has 1 aromatic heterocycles. The monoisotopic (exact) mass is 307 g/mol. The number of carbonyl (C=O) groups is 1. The number of carbonyl (C=O) groups excluding carboxylic acids is 1. The van der Waals surface area contributed by atoms with Crippen LogP contribution in [0.1, 0.15) is 25.6 Å². The number of rotatable bonds is 7. The molecule has 6 nitrogen and oxygen atoms in total. The van der Waals surface area contributed by atoms with E-state index in [1.165, 1.54) is 0 Å². The quantitative estimate of drug-likeness (QED) is 0.816. The van der Waals surface area contributed by atoms with Gasteiger partial charge in [-0.15, -0.1) is 0 Å². The van der Waals surface area contributed by atoms with Gasteiger partial charge in [0, 0.05) is 63.4 Å². The van der Waals surface area contributed by atoms with Gasteiger partial charge in [0.15, 0.2) is 0 Å². The molecule has 2 heterocycles. The van der Waals surface area contributed by atoms with Gasteiger partial charge in [0.2, 0.25) is 5.91 Å². The van der Waals surface area contributed by atoms with E-state index in [9.17, 15) is 4.79 Å². The second-order valence-electron chi connectivity index (χ2n) is 6.14. The van der Waals surface area contributed by atoms with E-state index in [1.807, 2.05) is 6.20 Å². The third-order valence-electron chi connectivity index (χ3n) is 4.91. The van der Waals surface area contributed by atoms with Gasteiger partial charge in [0.1, 0.15) is 5.82 Å². The fourth-order valence-corrected chi connectivity index (χ4v) is 3.77. The maximum Gasteiger partial charge on any atom is 0.222 e. The van der Waals surface area contributed by atoms with Crippen molar-refractivity contribution in [3.63, 3.8) is 0 Å². The lowest BCUT2D eigenvalue weighted by Crippen LogP contribution is -2.62. The highest BCUT2D eigenvalue weighted by atomic mass is 16.5. The predicted octanol–water partition coefficient (Wildman–Crippen LogP) is 1.00. The van der Waals surface area contributed by atoms with Crippen LogP contribution in [0.5, 0.6) is 0 Å².